The van der Waals surface area contributed by atoms with Gasteiger partial charge in [0.1, 0.15) is 0 Å². The van der Waals surface area contributed by atoms with Crippen LogP contribution < -0.4 is 0 Å². The average molecular weight is 239 g/mol. The van der Waals surface area contributed by atoms with Gasteiger partial charge in [-0.1, -0.05) is 50.6 Å². The summed E-state index contributed by atoms with van der Waals surface area (Å²) >= 11 is 6.35. The summed E-state index contributed by atoms with van der Waals surface area (Å²) in [5.74, 6) is 0. The monoisotopic (exact) mass is 238 g/mol. The van der Waals surface area contributed by atoms with Gasteiger partial charge < -0.3 is 0 Å². The first-order valence-corrected chi connectivity index (χ1v) is 6.53. The molecule has 0 nitrogen and oxygen atoms in total. The van der Waals surface area contributed by atoms with Crippen molar-refractivity contribution in [2.24, 2.45) is 5.41 Å². The number of benzene rings is 1. The fraction of sp³-hybridized carbons (Fsp3) is 0.600. The first kappa shape index (κ1) is 13.6. The van der Waals surface area contributed by atoms with Crippen molar-refractivity contribution in [1.29, 1.82) is 0 Å². The van der Waals surface area contributed by atoms with E-state index in [4.69, 9.17) is 11.6 Å². The number of rotatable bonds is 4. The van der Waals surface area contributed by atoms with Gasteiger partial charge >= 0.3 is 0 Å². The second-order valence-corrected chi connectivity index (χ2v) is 6.24. The molecule has 1 heteroatoms. The first-order chi connectivity index (χ1) is 7.39. The molecule has 0 bridgehead atoms. The van der Waals surface area contributed by atoms with Crippen LogP contribution in [0.3, 0.4) is 0 Å². The summed E-state index contributed by atoms with van der Waals surface area (Å²) in [5.41, 5.74) is 2.96. The maximum absolute atomic E-state index is 6.35. The molecule has 0 N–H and O–H groups in total. The van der Waals surface area contributed by atoms with E-state index in [0.717, 1.165) is 12.8 Å². The molecule has 0 aliphatic heterocycles. The van der Waals surface area contributed by atoms with E-state index in [9.17, 15) is 0 Å². The number of halogens is 1. The van der Waals surface area contributed by atoms with Crippen LogP contribution in [0.25, 0.3) is 0 Å². The molecule has 0 radical (unpaired) electrons. The predicted octanol–water partition coefficient (Wildman–Crippen LogP) is 4.97. The van der Waals surface area contributed by atoms with Gasteiger partial charge in [0, 0.05) is 5.38 Å². The Morgan fingerprint density at radius 2 is 1.69 bits per heavy atom. The second kappa shape index (κ2) is 5.72. The Hall–Kier alpha value is -0.490. The van der Waals surface area contributed by atoms with Crippen molar-refractivity contribution >= 4 is 11.6 Å². The lowest BCUT2D eigenvalue weighted by molar-refractivity contribution is 0.369. The predicted molar refractivity (Wildman–Crippen MR) is 73.2 cm³/mol. The molecule has 1 aromatic rings. The number of hydrogen-bond acceptors (Lipinski definition) is 0. The van der Waals surface area contributed by atoms with Crippen LogP contribution in [0.15, 0.2) is 24.3 Å². The Balaban J connectivity index is 2.33. The van der Waals surface area contributed by atoms with Crippen LogP contribution in [0.2, 0.25) is 0 Å². The van der Waals surface area contributed by atoms with Gasteiger partial charge in [-0.25, -0.2) is 0 Å². The SMILES string of the molecule is Cc1ccc(CCCC(Cl)C(C)(C)C)cc1. The van der Waals surface area contributed by atoms with E-state index in [-0.39, 0.29) is 10.8 Å². The molecule has 0 saturated carbocycles. The molecule has 1 rings (SSSR count). The second-order valence-electron chi connectivity index (χ2n) is 5.71. The van der Waals surface area contributed by atoms with Crippen LogP contribution in [-0.2, 0) is 6.42 Å². The number of alkyl halides is 1. The van der Waals surface area contributed by atoms with E-state index in [1.165, 1.54) is 17.5 Å². The highest BCUT2D eigenvalue weighted by Gasteiger charge is 2.21. The zero-order valence-corrected chi connectivity index (χ0v) is 11.6. The minimum Gasteiger partial charge on any atom is -0.122 e. The van der Waals surface area contributed by atoms with Gasteiger partial charge in [-0.05, 0) is 37.2 Å². The van der Waals surface area contributed by atoms with Gasteiger partial charge in [-0.3, -0.25) is 0 Å². The normalized spacial score (nSPS) is 13.8. The standard InChI is InChI=1S/C15H23Cl/c1-12-8-10-13(11-9-12)6-5-7-14(16)15(2,3)4/h8-11,14H,5-7H2,1-4H3. The Morgan fingerprint density at radius 1 is 1.12 bits per heavy atom. The molecule has 1 unspecified atom stereocenters. The van der Waals surface area contributed by atoms with Crippen molar-refractivity contribution in [3.05, 3.63) is 35.4 Å². The molecule has 0 amide bonds. The number of aryl methyl sites for hydroxylation is 2. The minimum absolute atomic E-state index is 0.217. The molecule has 0 spiro atoms. The molecule has 0 saturated heterocycles. The fourth-order valence-corrected chi connectivity index (χ4v) is 1.83. The summed E-state index contributed by atoms with van der Waals surface area (Å²) in [4.78, 5) is 0. The molecule has 0 aliphatic carbocycles. The number of hydrogen-bond donors (Lipinski definition) is 0. The summed E-state index contributed by atoms with van der Waals surface area (Å²) in [5, 5.41) is 0.276. The summed E-state index contributed by atoms with van der Waals surface area (Å²) in [7, 11) is 0. The third kappa shape index (κ3) is 4.57. The van der Waals surface area contributed by atoms with E-state index in [1.807, 2.05) is 0 Å². The summed E-state index contributed by atoms with van der Waals surface area (Å²) < 4.78 is 0. The summed E-state index contributed by atoms with van der Waals surface area (Å²) in [6, 6.07) is 8.79. The van der Waals surface area contributed by atoms with Crippen molar-refractivity contribution in [3.63, 3.8) is 0 Å². The van der Waals surface area contributed by atoms with E-state index in [1.54, 1.807) is 0 Å². The maximum Gasteiger partial charge on any atom is 0.0384 e. The summed E-state index contributed by atoms with van der Waals surface area (Å²) in [6.07, 6.45) is 3.41. The smallest absolute Gasteiger partial charge is 0.0384 e. The lowest BCUT2D eigenvalue weighted by Crippen LogP contribution is -2.20. The summed E-state index contributed by atoms with van der Waals surface area (Å²) in [6.45, 7) is 8.74. The van der Waals surface area contributed by atoms with E-state index in [0.29, 0.717) is 0 Å². The molecule has 1 aromatic carbocycles. The fourth-order valence-electron chi connectivity index (χ4n) is 1.67. The van der Waals surface area contributed by atoms with Crippen molar-refractivity contribution < 1.29 is 0 Å². The third-order valence-electron chi connectivity index (χ3n) is 2.98. The van der Waals surface area contributed by atoms with Crippen molar-refractivity contribution in [3.8, 4) is 0 Å². The van der Waals surface area contributed by atoms with Crippen LogP contribution in [0.5, 0.6) is 0 Å². The highest BCUT2D eigenvalue weighted by molar-refractivity contribution is 6.21. The molecule has 1 atom stereocenters. The topological polar surface area (TPSA) is 0 Å². The Kier molecular flexibility index (Phi) is 4.86. The quantitative estimate of drug-likeness (QED) is 0.650. The molecule has 0 aromatic heterocycles. The zero-order valence-electron chi connectivity index (χ0n) is 10.9. The van der Waals surface area contributed by atoms with E-state index < -0.39 is 0 Å². The van der Waals surface area contributed by atoms with Gasteiger partial charge in [0.15, 0.2) is 0 Å². The molecular weight excluding hydrogens is 216 g/mol. The lowest BCUT2D eigenvalue weighted by Gasteiger charge is -2.24. The van der Waals surface area contributed by atoms with E-state index in [2.05, 4.69) is 52.0 Å². The lowest BCUT2D eigenvalue weighted by atomic mass is 9.88. The maximum atomic E-state index is 6.35. The Bertz CT molecular complexity index is 305. The van der Waals surface area contributed by atoms with Crippen LogP contribution in [0, 0.1) is 12.3 Å². The van der Waals surface area contributed by atoms with Crippen LogP contribution in [0.1, 0.15) is 44.7 Å². The zero-order chi connectivity index (χ0) is 12.2. The van der Waals surface area contributed by atoms with Gasteiger partial charge in [-0.2, -0.15) is 0 Å². The van der Waals surface area contributed by atoms with Gasteiger partial charge in [0.25, 0.3) is 0 Å². The van der Waals surface area contributed by atoms with Crippen LogP contribution >= 0.6 is 11.6 Å². The highest BCUT2D eigenvalue weighted by atomic mass is 35.5. The van der Waals surface area contributed by atoms with Crippen LogP contribution in [-0.4, -0.2) is 5.38 Å². The van der Waals surface area contributed by atoms with Crippen LogP contribution in [0.4, 0.5) is 0 Å². The average Bonchev–Trinajstić information content (AvgIpc) is 2.19. The Labute approximate surface area is 105 Å². The minimum atomic E-state index is 0.217. The molecule has 90 valence electrons. The first-order valence-electron chi connectivity index (χ1n) is 6.09. The molecule has 16 heavy (non-hydrogen) atoms. The van der Waals surface area contributed by atoms with Crippen molar-refractivity contribution in [2.45, 2.75) is 52.3 Å². The molecule has 0 fully saturated rings. The molecular formula is C15H23Cl. The van der Waals surface area contributed by atoms with E-state index >= 15 is 0 Å². The van der Waals surface area contributed by atoms with Gasteiger partial charge in [0.05, 0.1) is 0 Å². The molecule has 0 aliphatic rings. The van der Waals surface area contributed by atoms with Gasteiger partial charge in [-0.15, -0.1) is 11.6 Å². The largest absolute Gasteiger partial charge is 0.122 e. The highest BCUT2D eigenvalue weighted by Crippen LogP contribution is 2.28. The van der Waals surface area contributed by atoms with Crippen molar-refractivity contribution in [1.82, 2.24) is 0 Å². The third-order valence-corrected chi connectivity index (χ3v) is 3.86. The van der Waals surface area contributed by atoms with Gasteiger partial charge in [0.2, 0.25) is 0 Å². The Morgan fingerprint density at radius 3 is 2.19 bits per heavy atom. The molecule has 0 heterocycles. The van der Waals surface area contributed by atoms with Crippen molar-refractivity contribution in [2.75, 3.05) is 0 Å².